The first-order valence-electron chi connectivity index (χ1n) is 31.9. The maximum absolute atomic E-state index is 12.5. The van der Waals surface area contributed by atoms with Crippen LogP contribution in [0.5, 0.6) is 0 Å². The number of aliphatic hydroxyl groups excluding tert-OH is 2. The lowest BCUT2D eigenvalue weighted by molar-refractivity contribution is -0.143. The third kappa shape index (κ3) is 57.1. The first-order valence-corrected chi connectivity index (χ1v) is 31.9. The van der Waals surface area contributed by atoms with Gasteiger partial charge in [-0.3, -0.25) is 9.59 Å². The monoisotopic (exact) mass is 1010 g/mol. The molecule has 0 saturated carbocycles. The molecule has 1 amide bonds. The molecule has 0 heterocycles. The van der Waals surface area contributed by atoms with Gasteiger partial charge in [0.1, 0.15) is 0 Å². The van der Waals surface area contributed by atoms with Crippen molar-refractivity contribution in [3.05, 3.63) is 48.6 Å². The molecule has 0 rings (SSSR count). The molecule has 0 aliphatic rings. The molecule has 2 atom stereocenters. The standard InChI is InChI=1S/C66H123NO5/c1-3-5-7-9-11-13-15-17-18-19-25-29-32-36-40-44-48-52-56-60-66(71)72-61-57-53-49-45-41-37-33-30-27-24-22-20-21-23-26-28-31-35-39-43-47-51-55-59-65(70)67-63(62-68)64(69)58-54-50-46-42-38-34-16-14-12-10-8-6-4-2/h11,13,17-18,20,22-23,26,63-64,68-69H,3-10,12,14-16,19,21,24-25,27-62H2,1-2H3,(H,67,70)/b13-11-,18-17-,22-20-,26-23-. The molecule has 6 heteroatoms. The molecule has 0 aliphatic heterocycles. The highest BCUT2D eigenvalue weighted by atomic mass is 16.5. The van der Waals surface area contributed by atoms with E-state index in [1.165, 1.54) is 238 Å². The van der Waals surface area contributed by atoms with E-state index in [0.29, 0.717) is 25.9 Å². The Hall–Kier alpha value is -2.18. The average molecular weight is 1010 g/mol. The molecule has 0 fully saturated rings. The maximum Gasteiger partial charge on any atom is 0.305 e. The van der Waals surface area contributed by atoms with E-state index < -0.39 is 12.1 Å². The highest BCUT2D eigenvalue weighted by Gasteiger charge is 2.20. The fraction of sp³-hybridized carbons (Fsp3) is 0.848. The van der Waals surface area contributed by atoms with Crippen LogP contribution in [0.15, 0.2) is 48.6 Å². The Morgan fingerprint density at radius 1 is 0.389 bits per heavy atom. The topological polar surface area (TPSA) is 95.9 Å². The summed E-state index contributed by atoms with van der Waals surface area (Å²) in [6.45, 7) is 4.92. The second-order valence-corrected chi connectivity index (χ2v) is 21.7. The van der Waals surface area contributed by atoms with Crippen molar-refractivity contribution in [2.24, 2.45) is 0 Å². The lowest BCUT2D eigenvalue weighted by atomic mass is 10.0. The summed E-state index contributed by atoms with van der Waals surface area (Å²) in [5.74, 6) is -0.0422. The van der Waals surface area contributed by atoms with Gasteiger partial charge in [0.15, 0.2) is 0 Å². The summed E-state index contributed by atoms with van der Waals surface area (Å²) in [5, 5.41) is 23.2. The second kappa shape index (κ2) is 61.4. The first-order chi connectivity index (χ1) is 35.5. The van der Waals surface area contributed by atoms with E-state index in [1.807, 2.05) is 0 Å². The van der Waals surface area contributed by atoms with Gasteiger partial charge in [0.2, 0.25) is 5.91 Å². The van der Waals surface area contributed by atoms with Crippen molar-refractivity contribution in [3.63, 3.8) is 0 Å². The summed E-state index contributed by atoms with van der Waals surface area (Å²) in [5.41, 5.74) is 0. The smallest absolute Gasteiger partial charge is 0.305 e. The van der Waals surface area contributed by atoms with Gasteiger partial charge in [-0.25, -0.2) is 0 Å². The summed E-state index contributed by atoms with van der Waals surface area (Å²) in [6, 6.07) is -0.549. The highest BCUT2D eigenvalue weighted by Crippen LogP contribution is 2.17. The summed E-state index contributed by atoms with van der Waals surface area (Å²) in [7, 11) is 0. The predicted octanol–water partition coefficient (Wildman–Crippen LogP) is 20.1. The van der Waals surface area contributed by atoms with Gasteiger partial charge in [0, 0.05) is 12.8 Å². The minimum absolute atomic E-state index is 0.00314. The van der Waals surface area contributed by atoms with Crippen LogP contribution >= 0.6 is 0 Å². The number of esters is 1. The van der Waals surface area contributed by atoms with Crippen LogP contribution in [0.3, 0.4) is 0 Å². The van der Waals surface area contributed by atoms with Gasteiger partial charge in [0.05, 0.1) is 25.4 Å². The Balaban J connectivity index is 3.43. The number of ether oxygens (including phenoxy) is 1. The van der Waals surface area contributed by atoms with Crippen LogP contribution in [-0.4, -0.2) is 47.4 Å². The van der Waals surface area contributed by atoms with Crippen molar-refractivity contribution in [2.45, 2.75) is 347 Å². The molecular formula is C66H123NO5. The van der Waals surface area contributed by atoms with Gasteiger partial charge in [-0.2, -0.15) is 0 Å². The van der Waals surface area contributed by atoms with E-state index in [9.17, 15) is 19.8 Å². The van der Waals surface area contributed by atoms with E-state index >= 15 is 0 Å². The summed E-state index contributed by atoms with van der Waals surface area (Å²) >= 11 is 0. The zero-order valence-corrected chi connectivity index (χ0v) is 48.2. The van der Waals surface area contributed by atoms with Crippen LogP contribution in [-0.2, 0) is 14.3 Å². The third-order valence-electron chi connectivity index (χ3n) is 14.6. The molecule has 0 aliphatic carbocycles. The van der Waals surface area contributed by atoms with Crippen LogP contribution in [0.1, 0.15) is 335 Å². The molecule has 72 heavy (non-hydrogen) atoms. The molecule has 0 radical (unpaired) electrons. The van der Waals surface area contributed by atoms with Crippen LogP contribution in [0, 0.1) is 0 Å². The van der Waals surface area contributed by atoms with Crippen molar-refractivity contribution in [1.29, 1.82) is 0 Å². The Morgan fingerprint density at radius 2 is 0.694 bits per heavy atom. The number of hydrogen-bond donors (Lipinski definition) is 3. The third-order valence-corrected chi connectivity index (χ3v) is 14.6. The van der Waals surface area contributed by atoms with E-state index in [1.54, 1.807) is 0 Å². The molecular weight excluding hydrogens is 887 g/mol. The van der Waals surface area contributed by atoms with Gasteiger partial charge >= 0.3 is 5.97 Å². The number of aliphatic hydroxyl groups is 2. The Bertz CT molecular complexity index is 1210. The molecule has 0 aromatic carbocycles. The SMILES string of the molecule is CCCCC/C=C\C/C=C\CCCCCCCCCCCC(=O)OCCCCCCCCCCC/C=C\C/C=C\CCCCCCCCCC(=O)NC(CO)C(O)CCCCCCCCCCCCCCC. The number of allylic oxidation sites excluding steroid dienone is 8. The quantitative estimate of drug-likeness (QED) is 0.0320. The molecule has 0 spiro atoms. The zero-order chi connectivity index (χ0) is 52.2. The summed E-state index contributed by atoms with van der Waals surface area (Å²) < 4.78 is 5.49. The molecule has 0 saturated heterocycles. The van der Waals surface area contributed by atoms with Crippen molar-refractivity contribution in [2.75, 3.05) is 13.2 Å². The number of carbonyl (C=O) groups is 2. The fourth-order valence-electron chi connectivity index (χ4n) is 9.70. The van der Waals surface area contributed by atoms with E-state index in [2.05, 4.69) is 67.8 Å². The van der Waals surface area contributed by atoms with Crippen LogP contribution in [0.25, 0.3) is 0 Å². The Morgan fingerprint density at radius 3 is 1.08 bits per heavy atom. The number of nitrogens with one attached hydrogen (secondary N) is 1. The number of rotatable bonds is 59. The van der Waals surface area contributed by atoms with E-state index in [-0.39, 0.29) is 18.5 Å². The first kappa shape index (κ1) is 69.8. The van der Waals surface area contributed by atoms with Crippen LogP contribution in [0.4, 0.5) is 0 Å². The summed E-state index contributed by atoms with van der Waals surface area (Å²) in [4.78, 5) is 24.6. The maximum atomic E-state index is 12.5. The van der Waals surface area contributed by atoms with Crippen LogP contribution < -0.4 is 5.32 Å². The molecule has 0 aromatic rings. The van der Waals surface area contributed by atoms with Crippen LogP contribution in [0.2, 0.25) is 0 Å². The van der Waals surface area contributed by atoms with Crippen molar-refractivity contribution < 1.29 is 24.5 Å². The Labute approximate surface area is 448 Å². The number of carbonyl (C=O) groups excluding carboxylic acids is 2. The van der Waals surface area contributed by atoms with Gasteiger partial charge < -0.3 is 20.3 Å². The molecule has 3 N–H and O–H groups in total. The van der Waals surface area contributed by atoms with Crippen molar-refractivity contribution in [1.82, 2.24) is 5.32 Å². The fourth-order valence-corrected chi connectivity index (χ4v) is 9.70. The number of hydrogen-bond acceptors (Lipinski definition) is 5. The van der Waals surface area contributed by atoms with E-state index in [4.69, 9.17) is 4.74 Å². The Kier molecular flexibility index (Phi) is 59.5. The van der Waals surface area contributed by atoms with Gasteiger partial charge in [-0.15, -0.1) is 0 Å². The van der Waals surface area contributed by atoms with Gasteiger partial charge in [-0.1, -0.05) is 281 Å². The molecule has 6 nitrogen and oxygen atoms in total. The highest BCUT2D eigenvalue weighted by molar-refractivity contribution is 5.76. The second-order valence-electron chi connectivity index (χ2n) is 21.7. The minimum atomic E-state index is -0.671. The van der Waals surface area contributed by atoms with Gasteiger partial charge in [0.25, 0.3) is 0 Å². The van der Waals surface area contributed by atoms with E-state index in [0.717, 1.165) is 64.2 Å². The zero-order valence-electron chi connectivity index (χ0n) is 48.2. The normalized spacial score (nSPS) is 12.9. The summed E-state index contributed by atoms with van der Waals surface area (Å²) in [6.07, 6.45) is 78.4. The van der Waals surface area contributed by atoms with Crippen molar-refractivity contribution >= 4 is 11.9 Å². The lowest BCUT2D eigenvalue weighted by Gasteiger charge is -2.22. The van der Waals surface area contributed by atoms with Gasteiger partial charge in [-0.05, 0) is 89.9 Å². The lowest BCUT2D eigenvalue weighted by Crippen LogP contribution is -2.45. The predicted molar refractivity (Wildman–Crippen MR) is 315 cm³/mol. The minimum Gasteiger partial charge on any atom is -0.466 e. The molecule has 0 bridgehead atoms. The largest absolute Gasteiger partial charge is 0.466 e. The number of unbranched alkanes of at least 4 members (excludes halogenated alkanes) is 40. The number of amides is 1. The molecule has 2 unspecified atom stereocenters. The molecule has 422 valence electrons. The average Bonchev–Trinajstić information content (AvgIpc) is 3.38. The molecule has 0 aromatic heterocycles. The van der Waals surface area contributed by atoms with Crippen molar-refractivity contribution in [3.8, 4) is 0 Å².